The van der Waals surface area contributed by atoms with Crippen molar-refractivity contribution in [2.24, 2.45) is 0 Å². The second kappa shape index (κ2) is 6.53. The summed E-state index contributed by atoms with van der Waals surface area (Å²) in [5.74, 6) is 0.118. The normalized spacial score (nSPS) is 12.3. The van der Waals surface area contributed by atoms with Crippen molar-refractivity contribution in [3.8, 4) is 5.75 Å². The first kappa shape index (κ1) is 14.5. The van der Waals surface area contributed by atoms with Crippen LogP contribution in [0.15, 0.2) is 42.5 Å². The van der Waals surface area contributed by atoms with Gasteiger partial charge in [-0.2, -0.15) is 0 Å². The first-order chi connectivity index (χ1) is 9.58. The number of aryl methyl sites for hydroxylation is 1. The third kappa shape index (κ3) is 3.58. The predicted molar refractivity (Wildman–Crippen MR) is 79.4 cm³/mol. The highest BCUT2D eigenvalue weighted by Crippen LogP contribution is 2.23. The van der Waals surface area contributed by atoms with Crippen LogP contribution < -0.4 is 5.32 Å². The Labute approximate surface area is 119 Å². The lowest BCUT2D eigenvalue weighted by molar-refractivity contribution is 0.453. The molecule has 2 N–H and O–H groups in total. The van der Waals surface area contributed by atoms with E-state index in [0.29, 0.717) is 5.75 Å². The Bertz CT molecular complexity index is 583. The van der Waals surface area contributed by atoms with Gasteiger partial charge in [0.05, 0.1) is 0 Å². The number of benzene rings is 2. The van der Waals surface area contributed by atoms with Crippen LogP contribution in [-0.4, -0.2) is 11.7 Å². The summed E-state index contributed by atoms with van der Waals surface area (Å²) in [6.07, 6.45) is 0.837. The topological polar surface area (TPSA) is 32.3 Å². The predicted octanol–water partition coefficient (Wildman–Crippen LogP) is 3.73. The number of hydrogen-bond acceptors (Lipinski definition) is 2. The quantitative estimate of drug-likeness (QED) is 0.870. The van der Waals surface area contributed by atoms with Crippen LogP contribution in [0.2, 0.25) is 0 Å². The fourth-order valence-electron chi connectivity index (χ4n) is 2.33. The summed E-state index contributed by atoms with van der Waals surface area (Å²) in [5, 5.41) is 13.2. The molecule has 0 aliphatic carbocycles. The van der Waals surface area contributed by atoms with Crippen molar-refractivity contribution in [1.29, 1.82) is 0 Å². The molecule has 2 aromatic carbocycles. The fourth-order valence-corrected chi connectivity index (χ4v) is 2.33. The molecule has 0 heterocycles. The number of rotatable bonds is 5. The van der Waals surface area contributed by atoms with Gasteiger partial charge in [-0.1, -0.05) is 24.3 Å². The van der Waals surface area contributed by atoms with Crippen molar-refractivity contribution in [3.05, 3.63) is 65.0 Å². The molecule has 0 aliphatic heterocycles. The highest BCUT2D eigenvalue weighted by atomic mass is 19.1. The molecule has 0 saturated heterocycles. The number of aromatic hydroxyl groups is 1. The summed E-state index contributed by atoms with van der Waals surface area (Å²) in [7, 11) is 0. The fraction of sp³-hybridized carbons (Fsp3) is 0.294. The van der Waals surface area contributed by atoms with E-state index in [1.54, 1.807) is 12.1 Å². The van der Waals surface area contributed by atoms with Crippen molar-refractivity contribution in [2.75, 3.05) is 6.54 Å². The Balaban J connectivity index is 1.91. The first-order valence-corrected chi connectivity index (χ1v) is 6.84. The minimum absolute atomic E-state index is 0.0805. The van der Waals surface area contributed by atoms with Gasteiger partial charge in [0.1, 0.15) is 11.6 Å². The van der Waals surface area contributed by atoms with Crippen LogP contribution in [0, 0.1) is 12.7 Å². The lowest BCUT2D eigenvalue weighted by Gasteiger charge is -2.16. The van der Waals surface area contributed by atoms with Gasteiger partial charge in [-0.05, 0) is 56.1 Å². The molecule has 0 spiro atoms. The summed E-state index contributed by atoms with van der Waals surface area (Å²) in [6, 6.07) is 12.3. The zero-order chi connectivity index (χ0) is 14.5. The van der Waals surface area contributed by atoms with Crippen molar-refractivity contribution < 1.29 is 9.50 Å². The van der Waals surface area contributed by atoms with Gasteiger partial charge in [-0.15, -0.1) is 0 Å². The zero-order valence-electron chi connectivity index (χ0n) is 11.9. The molecule has 1 unspecified atom stereocenters. The molecule has 2 rings (SSSR count). The minimum Gasteiger partial charge on any atom is -0.508 e. The zero-order valence-corrected chi connectivity index (χ0v) is 11.9. The Morgan fingerprint density at radius 2 is 1.95 bits per heavy atom. The van der Waals surface area contributed by atoms with Gasteiger partial charge in [-0.25, -0.2) is 4.39 Å². The lowest BCUT2D eigenvalue weighted by atomic mass is 10.0. The molecule has 2 nitrogen and oxygen atoms in total. The molecular formula is C17H20FNO. The third-order valence-electron chi connectivity index (χ3n) is 3.55. The Morgan fingerprint density at radius 1 is 1.20 bits per heavy atom. The Hall–Kier alpha value is -1.87. The van der Waals surface area contributed by atoms with E-state index in [2.05, 4.69) is 5.32 Å². The highest BCUT2D eigenvalue weighted by molar-refractivity contribution is 5.34. The van der Waals surface area contributed by atoms with Gasteiger partial charge in [0.25, 0.3) is 0 Å². The summed E-state index contributed by atoms with van der Waals surface area (Å²) in [5.41, 5.74) is 3.01. The van der Waals surface area contributed by atoms with Gasteiger partial charge >= 0.3 is 0 Å². The number of phenols is 1. The number of phenolic OH excluding ortho intramolecular Hbond substituents is 1. The number of hydrogen-bond donors (Lipinski definition) is 2. The van der Waals surface area contributed by atoms with Crippen LogP contribution >= 0.6 is 0 Å². The van der Waals surface area contributed by atoms with Crippen LogP contribution in [0.3, 0.4) is 0 Å². The van der Waals surface area contributed by atoms with Gasteiger partial charge < -0.3 is 10.4 Å². The summed E-state index contributed by atoms with van der Waals surface area (Å²) >= 11 is 0. The monoisotopic (exact) mass is 273 g/mol. The van der Waals surface area contributed by atoms with Gasteiger partial charge in [0, 0.05) is 11.6 Å². The van der Waals surface area contributed by atoms with Crippen molar-refractivity contribution >= 4 is 0 Å². The summed E-state index contributed by atoms with van der Waals surface area (Å²) in [6.45, 7) is 4.72. The highest BCUT2D eigenvalue weighted by Gasteiger charge is 2.09. The Morgan fingerprint density at radius 3 is 2.65 bits per heavy atom. The number of halogens is 1. The third-order valence-corrected chi connectivity index (χ3v) is 3.55. The first-order valence-electron chi connectivity index (χ1n) is 6.84. The van der Waals surface area contributed by atoms with E-state index in [4.69, 9.17) is 0 Å². The molecule has 0 saturated carbocycles. The maximum Gasteiger partial charge on any atom is 0.123 e. The molecule has 0 amide bonds. The lowest BCUT2D eigenvalue weighted by Crippen LogP contribution is -2.21. The molecule has 0 bridgehead atoms. The standard InChI is InChI=1S/C17H20FNO/c1-12-11-15(18)8-7-14(12)9-10-19-13(2)16-5-3-4-6-17(16)20/h3-8,11,13,19-20H,9-10H2,1-2H3. The van der Waals surface area contributed by atoms with Crippen molar-refractivity contribution in [1.82, 2.24) is 5.32 Å². The molecule has 106 valence electrons. The molecular weight excluding hydrogens is 253 g/mol. The second-order valence-corrected chi connectivity index (χ2v) is 5.06. The van der Waals surface area contributed by atoms with Crippen molar-refractivity contribution in [3.63, 3.8) is 0 Å². The molecule has 0 fully saturated rings. The SMILES string of the molecule is Cc1cc(F)ccc1CCNC(C)c1ccccc1O. The van der Waals surface area contributed by atoms with E-state index in [1.807, 2.05) is 38.1 Å². The summed E-state index contributed by atoms with van der Waals surface area (Å²) in [4.78, 5) is 0. The molecule has 2 aromatic rings. The van der Waals surface area contributed by atoms with Crippen molar-refractivity contribution in [2.45, 2.75) is 26.3 Å². The second-order valence-electron chi connectivity index (χ2n) is 5.06. The summed E-state index contributed by atoms with van der Waals surface area (Å²) < 4.78 is 13.0. The molecule has 1 atom stereocenters. The van der Waals surface area contributed by atoms with E-state index < -0.39 is 0 Å². The van der Waals surface area contributed by atoms with E-state index >= 15 is 0 Å². The van der Waals surface area contributed by atoms with E-state index in [-0.39, 0.29) is 11.9 Å². The van der Waals surface area contributed by atoms with Gasteiger partial charge in [0.2, 0.25) is 0 Å². The van der Waals surface area contributed by atoms with Gasteiger partial charge in [-0.3, -0.25) is 0 Å². The number of nitrogens with one attached hydrogen (secondary N) is 1. The van der Waals surface area contributed by atoms with Gasteiger partial charge in [0.15, 0.2) is 0 Å². The Kier molecular flexibility index (Phi) is 4.74. The maximum absolute atomic E-state index is 13.0. The van der Waals surface area contributed by atoms with E-state index in [0.717, 1.165) is 29.7 Å². The average Bonchev–Trinajstić information content (AvgIpc) is 2.41. The molecule has 0 aliphatic rings. The smallest absolute Gasteiger partial charge is 0.123 e. The van der Waals surface area contributed by atoms with Crippen LogP contribution in [0.1, 0.15) is 29.7 Å². The van der Waals surface area contributed by atoms with Crippen LogP contribution in [0.25, 0.3) is 0 Å². The van der Waals surface area contributed by atoms with E-state index in [9.17, 15) is 9.50 Å². The maximum atomic E-state index is 13.0. The van der Waals surface area contributed by atoms with Crippen LogP contribution in [-0.2, 0) is 6.42 Å². The number of para-hydroxylation sites is 1. The molecule has 0 aromatic heterocycles. The van der Waals surface area contributed by atoms with Crippen LogP contribution in [0.5, 0.6) is 5.75 Å². The average molecular weight is 273 g/mol. The van der Waals surface area contributed by atoms with Crippen LogP contribution in [0.4, 0.5) is 4.39 Å². The molecule has 3 heteroatoms. The van der Waals surface area contributed by atoms with E-state index in [1.165, 1.54) is 6.07 Å². The largest absolute Gasteiger partial charge is 0.508 e. The molecule has 0 radical (unpaired) electrons. The molecule has 20 heavy (non-hydrogen) atoms. The minimum atomic E-state index is -0.193.